The van der Waals surface area contributed by atoms with Crippen molar-refractivity contribution in [2.45, 2.75) is 27.3 Å². The van der Waals surface area contributed by atoms with Gasteiger partial charge in [-0.15, -0.1) is 0 Å². The Morgan fingerprint density at radius 1 is 1.10 bits per heavy atom. The number of hydrogen-bond acceptors (Lipinski definition) is 3. The molecule has 0 bridgehead atoms. The van der Waals surface area contributed by atoms with Crippen LogP contribution in [0.3, 0.4) is 0 Å². The van der Waals surface area contributed by atoms with E-state index >= 15 is 0 Å². The lowest BCUT2D eigenvalue weighted by molar-refractivity contribution is 0.0600. The molecule has 3 nitrogen and oxygen atoms in total. The molecule has 112 valence electrons. The summed E-state index contributed by atoms with van der Waals surface area (Å²) < 4.78 is 4.66. The van der Waals surface area contributed by atoms with Crippen LogP contribution in [-0.2, 0) is 11.3 Å². The third-order valence-corrected chi connectivity index (χ3v) is 2.89. The second kappa shape index (κ2) is 8.80. The quantitative estimate of drug-likeness (QED) is 0.845. The van der Waals surface area contributed by atoms with Gasteiger partial charge in [0, 0.05) is 12.2 Å². The minimum atomic E-state index is -0.307. The van der Waals surface area contributed by atoms with Crippen LogP contribution in [0, 0.1) is 6.92 Å². The smallest absolute Gasteiger partial charge is 0.337 e. The van der Waals surface area contributed by atoms with E-state index in [1.807, 2.05) is 38.1 Å². The molecule has 0 aliphatic rings. The molecule has 0 aliphatic heterocycles. The Labute approximate surface area is 127 Å². The van der Waals surface area contributed by atoms with E-state index in [1.165, 1.54) is 12.7 Å². The van der Waals surface area contributed by atoms with E-state index in [0.29, 0.717) is 5.56 Å². The van der Waals surface area contributed by atoms with Gasteiger partial charge in [-0.3, -0.25) is 0 Å². The largest absolute Gasteiger partial charge is 0.465 e. The van der Waals surface area contributed by atoms with Gasteiger partial charge in [-0.1, -0.05) is 38.1 Å². The van der Waals surface area contributed by atoms with E-state index in [-0.39, 0.29) is 5.97 Å². The minimum absolute atomic E-state index is 0.307. The lowest BCUT2D eigenvalue weighted by atomic mass is 10.1. The molecule has 2 rings (SSSR count). The number of rotatable bonds is 4. The standard InChI is InChI=1S/C16H17NO2.C2H6/c1-12-4-3-5-15(10-12)17-11-13-6-8-14(9-7-13)16(18)19-2;1-2/h3-10,17H,11H2,1-2H3;1-2H3. The van der Waals surface area contributed by atoms with Gasteiger partial charge < -0.3 is 10.1 Å². The molecule has 0 saturated heterocycles. The maximum Gasteiger partial charge on any atom is 0.337 e. The lowest BCUT2D eigenvalue weighted by Crippen LogP contribution is -2.03. The van der Waals surface area contributed by atoms with Crippen LogP contribution in [-0.4, -0.2) is 13.1 Å². The molecule has 0 fully saturated rings. The van der Waals surface area contributed by atoms with Gasteiger partial charge in [0.05, 0.1) is 12.7 Å². The first-order valence-electron chi connectivity index (χ1n) is 7.17. The number of methoxy groups -OCH3 is 1. The Morgan fingerprint density at radius 3 is 2.33 bits per heavy atom. The van der Waals surface area contributed by atoms with Crippen LogP contribution < -0.4 is 5.32 Å². The fourth-order valence-corrected chi connectivity index (χ4v) is 1.84. The topological polar surface area (TPSA) is 38.3 Å². The summed E-state index contributed by atoms with van der Waals surface area (Å²) in [6, 6.07) is 15.6. The number of carbonyl (C=O) groups is 1. The molecule has 2 aromatic carbocycles. The zero-order chi connectivity index (χ0) is 15.7. The number of hydrogen-bond donors (Lipinski definition) is 1. The van der Waals surface area contributed by atoms with Gasteiger partial charge in [-0.05, 0) is 42.3 Å². The molecule has 0 spiro atoms. The van der Waals surface area contributed by atoms with Gasteiger partial charge in [-0.2, -0.15) is 0 Å². The van der Waals surface area contributed by atoms with Crippen molar-refractivity contribution in [3.63, 3.8) is 0 Å². The van der Waals surface area contributed by atoms with Gasteiger partial charge in [0.2, 0.25) is 0 Å². The van der Waals surface area contributed by atoms with E-state index in [0.717, 1.165) is 17.8 Å². The molecule has 0 saturated carbocycles. The molecule has 0 aromatic heterocycles. The minimum Gasteiger partial charge on any atom is -0.465 e. The fraction of sp³-hybridized carbons (Fsp3) is 0.278. The van der Waals surface area contributed by atoms with Crippen molar-refractivity contribution in [2.24, 2.45) is 0 Å². The van der Waals surface area contributed by atoms with E-state index in [2.05, 4.69) is 29.1 Å². The molecule has 0 atom stereocenters. The fourth-order valence-electron chi connectivity index (χ4n) is 1.84. The van der Waals surface area contributed by atoms with Crippen molar-refractivity contribution in [2.75, 3.05) is 12.4 Å². The summed E-state index contributed by atoms with van der Waals surface area (Å²) in [5, 5.41) is 3.35. The van der Waals surface area contributed by atoms with Crippen molar-refractivity contribution in [3.8, 4) is 0 Å². The van der Waals surface area contributed by atoms with Crippen LogP contribution in [0.25, 0.3) is 0 Å². The van der Waals surface area contributed by atoms with Crippen molar-refractivity contribution >= 4 is 11.7 Å². The third kappa shape index (κ3) is 5.30. The molecule has 0 amide bonds. The second-order valence-corrected chi connectivity index (χ2v) is 4.41. The highest BCUT2D eigenvalue weighted by Crippen LogP contribution is 2.12. The predicted molar refractivity (Wildman–Crippen MR) is 87.6 cm³/mol. The summed E-state index contributed by atoms with van der Waals surface area (Å²) >= 11 is 0. The van der Waals surface area contributed by atoms with Crippen molar-refractivity contribution < 1.29 is 9.53 Å². The zero-order valence-electron chi connectivity index (χ0n) is 13.1. The summed E-state index contributed by atoms with van der Waals surface area (Å²) in [4.78, 5) is 11.3. The molecule has 0 unspecified atom stereocenters. The van der Waals surface area contributed by atoms with E-state index in [9.17, 15) is 4.79 Å². The molecule has 2 aromatic rings. The van der Waals surface area contributed by atoms with Crippen molar-refractivity contribution in [1.29, 1.82) is 0 Å². The van der Waals surface area contributed by atoms with Gasteiger partial charge >= 0.3 is 5.97 Å². The average molecular weight is 285 g/mol. The van der Waals surface area contributed by atoms with E-state index in [4.69, 9.17) is 0 Å². The zero-order valence-corrected chi connectivity index (χ0v) is 13.1. The Kier molecular flexibility index (Phi) is 7.02. The maximum absolute atomic E-state index is 11.3. The number of aryl methyl sites for hydroxylation is 1. The normalized spacial score (nSPS) is 9.33. The van der Waals surface area contributed by atoms with E-state index < -0.39 is 0 Å². The first-order valence-corrected chi connectivity index (χ1v) is 7.17. The molecule has 0 heterocycles. The van der Waals surface area contributed by atoms with Gasteiger partial charge in [0.1, 0.15) is 0 Å². The highest BCUT2D eigenvalue weighted by atomic mass is 16.5. The second-order valence-electron chi connectivity index (χ2n) is 4.41. The number of anilines is 1. The van der Waals surface area contributed by atoms with Crippen molar-refractivity contribution in [1.82, 2.24) is 0 Å². The number of benzene rings is 2. The van der Waals surface area contributed by atoms with Crippen LogP contribution in [0.4, 0.5) is 5.69 Å². The Balaban J connectivity index is 0.00000106. The first kappa shape index (κ1) is 16.8. The SMILES string of the molecule is CC.COC(=O)c1ccc(CNc2cccc(C)c2)cc1. The molecular formula is C18H23NO2. The van der Waals surface area contributed by atoms with Crippen LogP contribution in [0.2, 0.25) is 0 Å². The number of esters is 1. The molecule has 0 aliphatic carbocycles. The maximum atomic E-state index is 11.3. The first-order chi connectivity index (χ1) is 10.2. The summed E-state index contributed by atoms with van der Waals surface area (Å²) in [7, 11) is 1.38. The molecule has 1 N–H and O–H groups in total. The third-order valence-electron chi connectivity index (χ3n) is 2.89. The Hall–Kier alpha value is -2.29. The van der Waals surface area contributed by atoms with Crippen LogP contribution >= 0.6 is 0 Å². The number of ether oxygens (including phenoxy) is 1. The molecular weight excluding hydrogens is 262 g/mol. The predicted octanol–water partition coefficient (Wildman–Crippen LogP) is 4.42. The van der Waals surface area contributed by atoms with E-state index in [1.54, 1.807) is 12.1 Å². The summed E-state index contributed by atoms with van der Waals surface area (Å²) in [6.07, 6.45) is 0. The number of nitrogens with one attached hydrogen (secondary N) is 1. The summed E-state index contributed by atoms with van der Waals surface area (Å²) in [6.45, 7) is 6.79. The highest BCUT2D eigenvalue weighted by Gasteiger charge is 2.04. The molecule has 0 radical (unpaired) electrons. The lowest BCUT2D eigenvalue weighted by Gasteiger charge is -2.07. The Morgan fingerprint density at radius 2 is 1.76 bits per heavy atom. The van der Waals surface area contributed by atoms with Gasteiger partial charge in [-0.25, -0.2) is 4.79 Å². The molecule has 21 heavy (non-hydrogen) atoms. The van der Waals surface area contributed by atoms with Gasteiger partial charge in [0.15, 0.2) is 0 Å². The summed E-state index contributed by atoms with van der Waals surface area (Å²) in [5.41, 5.74) is 4.01. The van der Waals surface area contributed by atoms with Crippen LogP contribution in [0.1, 0.15) is 35.3 Å². The van der Waals surface area contributed by atoms with Gasteiger partial charge in [0.25, 0.3) is 0 Å². The Bertz CT molecular complexity index is 562. The molecule has 3 heteroatoms. The van der Waals surface area contributed by atoms with Crippen LogP contribution in [0.5, 0.6) is 0 Å². The van der Waals surface area contributed by atoms with Crippen LogP contribution in [0.15, 0.2) is 48.5 Å². The number of carbonyl (C=O) groups excluding carboxylic acids is 1. The van der Waals surface area contributed by atoms with Crippen molar-refractivity contribution in [3.05, 3.63) is 65.2 Å². The summed E-state index contributed by atoms with van der Waals surface area (Å²) in [5.74, 6) is -0.307. The average Bonchev–Trinajstić information content (AvgIpc) is 2.54. The monoisotopic (exact) mass is 285 g/mol. The highest BCUT2D eigenvalue weighted by molar-refractivity contribution is 5.89.